The highest BCUT2D eigenvalue weighted by atomic mass is 19.4. The van der Waals surface area contributed by atoms with E-state index in [1.807, 2.05) is 18.2 Å². The number of piperidine rings is 1. The molecule has 0 amide bonds. The van der Waals surface area contributed by atoms with E-state index >= 15 is 0 Å². The zero-order valence-electron chi connectivity index (χ0n) is 14.3. The first-order valence-electron chi connectivity index (χ1n) is 8.28. The average Bonchev–Trinajstić information content (AvgIpc) is 2.92. The molecule has 0 aromatic heterocycles. The third-order valence-electron chi connectivity index (χ3n) is 4.34. The van der Waals surface area contributed by atoms with Crippen molar-refractivity contribution in [2.45, 2.75) is 25.4 Å². The van der Waals surface area contributed by atoms with Gasteiger partial charge in [-0.3, -0.25) is 5.01 Å². The minimum Gasteiger partial charge on any atom is -0.475 e. The van der Waals surface area contributed by atoms with Crippen LogP contribution < -0.4 is 5.32 Å². The van der Waals surface area contributed by atoms with Crippen LogP contribution in [0.4, 0.5) is 22.0 Å². The fourth-order valence-electron chi connectivity index (χ4n) is 3.23. The Labute approximate surface area is 152 Å². The van der Waals surface area contributed by atoms with Crippen LogP contribution in [-0.4, -0.2) is 60.6 Å². The molecule has 3 rings (SSSR count). The van der Waals surface area contributed by atoms with Gasteiger partial charge in [-0.1, -0.05) is 30.3 Å². The summed E-state index contributed by atoms with van der Waals surface area (Å²) in [5.74, 6) is -2.76. The summed E-state index contributed by atoms with van der Waals surface area (Å²) < 4.78 is 56.9. The van der Waals surface area contributed by atoms with Crippen molar-refractivity contribution in [2.24, 2.45) is 10.5 Å². The Hall–Kier alpha value is -2.23. The minimum absolute atomic E-state index is 0.117. The minimum atomic E-state index is -5.08. The summed E-state index contributed by atoms with van der Waals surface area (Å²) in [6.45, 7) is 2.03. The number of benzene rings is 1. The molecule has 0 radical (unpaired) electrons. The largest absolute Gasteiger partial charge is 0.490 e. The number of carbonyl (C=O) groups is 1. The summed E-state index contributed by atoms with van der Waals surface area (Å²) in [5, 5.41) is 16.5. The van der Waals surface area contributed by atoms with Gasteiger partial charge >= 0.3 is 12.1 Å². The monoisotopic (exact) mass is 393 g/mol. The van der Waals surface area contributed by atoms with E-state index < -0.39 is 18.6 Å². The van der Waals surface area contributed by atoms with Crippen molar-refractivity contribution in [3.05, 3.63) is 35.9 Å². The maximum Gasteiger partial charge on any atom is 0.490 e. The van der Waals surface area contributed by atoms with E-state index in [2.05, 4.69) is 22.6 Å². The number of carboxylic acids is 1. The number of hydrazone groups is 1. The lowest BCUT2D eigenvalue weighted by Gasteiger charge is -2.35. The van der Waals surface area contributed by atoms with Gasteiger partial charge in [-0.25, -0.2) is 13.6 Å². The number of nitrogens with zero attached hydrogens (tertiary/aromatic N) is 2. The molecule has 1 atom stereocenters. The molecule has 2 aliphatic heterocycles. The second-order valence-corrected chi connectivity index (χ2v) is 6.46. The molecule has 0 saturated carbocycles. The van der Waals surface area contributed by atoms with Crippen molar-refractivity contribution >= 4 is 11.7 Å². The number of hydrogen-bond acceptors (Lipinski definition) is 4. The smallest absolute Gasteiger partial charge is 0.475 e. The second-order valence-electron chi connectivity index (χ2n) is 6.46. The van der Waals surface area contributed by atoms with Crippen molar-refractivity contribution in [3.8, 4) is 0 Å². The first kappa shape index (κ1) is 21.1. The van der Waals surface area contributed by atoms with E-state index in [1.54, 1.807) is 5.01 Å². The number of fused-ring (bicyclic) bond motifs is 1. The van der Waals surface area contributed by atoms with Crippen LogP contribution in [-0.2, 0) is 11.2 Å². The molecule has 10 heteroatoms. The molecule has 1 aromatic carbocycles. The van der Waals surface area contributed by atoms with Gasteiger partial charge in [-0.05, 0) is 12.0 Å². The lowest BCUT2D eigenvalue weighted by Crippen LogP contribution is -2.49. The average molecular weight is 393 g/mol. The standard InChI is InChI=1S/C15H19F2N3.C2HF3O2/c16-14(17)9-20-11-15(8-12-4-2-1-3-5-12)10-18-7-6-13(15)19-20;3-2(4,5)1(6)7/h1-5,14,18H,6-11H2;(H,6,7). The van der Waals surface area contributed by atoms with Gasteiger partial charge in [0.2, 0.25) is 0 Å². The molecule has 2 heterocycles. The number of halogens is 5. The predicted molar refractivity (Wildman–Crippen MR) is 88.8 cm³/mol. The molecule has 1 fully saturated rings. The Morgan fingerprint density at radius 2 is 1.93 bits per heavy atom. The zero-order valence-corrected chi connectivity index (χ0v) is 14.3. The summed E-state index contributed by atoms with van der Waals surface area (Å²) in [4.78, 5) is 8.90. The van der Waals surface area contributed by atoms with Crippen LogP contribution >= 0.6 is 0 Å². The van der Waals surface area contributed by atoms with Crippen LogP contribution in [0.15, 0.2) is 35.4 Å². The van der Waals surface area contributed by atoms with Gasteiger partial charge in [-0.2, -0.15) is 18.3 Å². The topological polar surface area (TPSA) is 64.9 Å². The molecule has 5 nitrogen and oxygen atoms in total. The summed E-state index contributed by atoms with van der Waals surface area (Å²) in [6.07, 6.45) is -5.70. The fraction of sp³-hybridized carbons (Fsp3) is 0.529. The lowest BCUT2D eigenvalue weighted by atomic mass is 9.75. The lowest BCUT2D eigenvalue weighted by molar-refractivity contribution is -0.192. The molecular weight excluding hydrogens is 373 g/mol. The summed E-state index contributed by atoms with van der Waals surface area (Å²) in [7, 11) is 0. The molecular formula is C17H20F5N3O2. The number of carboxylic acid groups (broad SMARTS) is 1. The SMILES string of the molecule is FC(F)CN1CC2(Cc3ccccc3)CNCCC2=N1.O=C(O)C(F)(F)F. The van der Waals surface area contributed by atoms with Crippen LogP contribution in [0.2, 0.25) is 0 Å². The van der Waals surface area contributed by atoms with Gasteiger partial charge in [-0.15, -0.1) is 0 Å². The van der Waals surface area contributed by atoms with Crippen molar-refractivity contribution in [1.82, 2.24) is 10.3 Å². The normalized spacial score (nSPS) is 22.0. The number of aliphatic carboxylic acids is 1. The van der Waals surface area contributed by atoms with Gasteiger partial charge in [0.15, 0.2) is 0 Å². The van der Waals surface area contributed by atoms with Crippen molar-refractivity contribution in [1.29, 1.82) is 0 Å². The Morgan fingerprint density at radius 3 is 2.48 bits per heavy atom. The second kappa shape index (κ2) is 8.64. The third kappa shape index (κ3) is 5.88. The molecule has 2 N–H and O–H groups in total. The van der Waals surface area contributed by atoms with Crippen molar-refractivity contribution in [3.63, 3.8) is 0 Å². The molecule has 0 spiro atoms. The first-order chi connectivity index (χ1) is 12.6. The maximum absolute atomic E-state index is 12.6. The van der Waals surface area contributed by atoms with E-state index in [0.717, 1.165) is 31.6 Å². The van der Waals surface area contributed by atoms with Crippen molar-refractivity contribution < 1.29 is 31.9 Å². The van der Waals surface area contributed by atoms with E-state index in [1.165, 1.54) is 5.56 Å². The Bertz CT molecular complexity index is 666. The highest BCUT2D eigenvalue weighted by molar-refractivity contribution is 5.93. The quantitative estimate of drug-likeness (QED) is 0.773. The maximum atomic E-state index is 12.6. The van der Waals surface area contributed by atoms with Crippen LogP contribution in [0.5, 0.6) is 0 Å². The summed E-state index contributed by atoms with van der Waals surface area (Å²) >= 11 is 0. The Kier molecular flexibility index (Phi) is 6.74. The van der Waals surface area contributed by atoms with Crippen molar-refractivity contribution in [2.75, 3.05) is 26.2 Å². The molecule has 150 valence electrons. The van der Waals surface area contributed by atoms with Gasteiger partial charge in [0, 0.05) is 37.2 Å². The third-order valence-corrected chi connectivity index (χ3v) is 4.34. The molecule has 0 aliphatic carbocycles. The molecule has 27 heavy (non-hydrogen) atoms. The van der Waals surface area contributed by atoms with Gasteiger partial charge in [0.05, 0.1) is 6.54 Å². The van der Waals surface area contributed by atoms with Crippen LogP contribution in [0.3, 0.4) is 0 Å². The highest BCUT2D eigenvalue weighted by Gasteiger charge is 2.44. The molecule has 1 saturated heterocycles. The van der Waals surface area contributed by atoms with Gasteiger partial charge in [0.25, 0.3) is 6.43 Å². The predicted octanol–water partition coefficient (Wildman–Crippen LogP) is 2.78. The van der Waals surface area contributed by atoms with Gasteiger partial charge in [0.1, 0.15) is 0 Å². The molecule has 0 bridgehead atoms. The number of alkyl halides is 5. The molecule has 1 unspecified atom stereocenters. The van der Waals surface area contributed by atoms with E-state index in [9.17, 15) is 22.0 Å². The highest BCUT2D eigenvalue weighted by Crippen LogP contribution is 2.35. The van der Waals surface area contributed by atoms with Crippen LogP contribution in [0.25, 0.3) is 0 Å². The van der Waals surface area contributed by atoms with E-state index in [4.69, 9.17) is 9.90 Å². The summed E-state index contributed by atoms with van der Waals surface area (Å²) in [5.41, 5.74) is 2.21. The molecule has 1 aromatic rings. The zero-order chi connectivity index (χ0) is 20.1. The Balaban J connectivity index is 0.000000321. The summed E-state index contributed by atoms with van der Waals surface area (Å²) in [6, 6.07) is 10.2. The molecule has 2 aliphatic rings. The van der Waals surface area contributed by atoms with E-state index in [0.29, 0.717) is 6.54 Å². The number of hydrogen-bond donors (Lipinski definition) is 2. The fourth-order valence-corrected chi connectivity index (χ4v) is 3.23. The van der Waals surface area contributed by atoms with Crippen LogP contribution in [0, 0.1) is 5.41 Å². The Morgan fingerprint density at radius 1 is 1.30 bits per heavy atom. The first-order valence-corrected chi connectivity index (χ1v) is 8.28. The number of nitrogens with one attached hydrogen (secondary N) is 1. The van der Waals surface area contributed by atoms with Gasteiger partial charge < -0.3 is 10.4 Å². The number of rotatable bonds is 4. The van der Waals surface area contributed by atoms with Crippen LogP contribution in [0.1, 0.15) is 12.0 Å². The van der Waals surface area contributed by atoms with E-state index in [-0.39, 0.29) is 12.0 Å².